The maximum Gasteiger partial charge on any atom is 0.0348 e. The van der Waals surface area contributed by atoms with E-state index in [2.05, 4.69) is 44.9 Å². The van der Waals surface area contributed by atoms with E-state index in [4.69, 9.17) is 0 Å². The van der Waals surface area contributed by atoms with Gasteiger partial charge in [0.2, 0.25) is 0 Å². The van der Waals surface area contributed by atoms with E-state index in [1.165, 1.54) is 12.8 Å². The zero-order chi connectivity index (χ0) is 10.3. The third kappa shape index (κ3) is 9.41. The largest absolute Gasteiger partial charge is 0.383 e. The third-order valence-corrected chi connectivity index (χ3v) is 1.60. The summed E-state index contributed by atoms with van der Waals surface area (Å²) in [6.45, 7) is 14.5. The van der Waals surface area contributed by atoms with E-state index < -0.39 is 0 Å². The minimum atomic E-state index is 0.128. The van der Waals surface area contributed by atoms with E-state index in [9.17, 15) is 0 Å². The van der Waals surface area contributed by atoms with Crippen molar-refractivity contribution in [3.05, 3.63) is 12.3 Å². The second-order valence-corrected chi connectivity index (χ2v) is 4.51. The number of hydrogen-bond acceptors (Lipinski definition) is 2. The van der Waals surface area contributed by atoms with Crippen molar-refractivity contribution >= 4 is 0 Å². The van der Waals surface area contributed by atoms with Crippen LogP contribution in [0.1, 0.15) is 40.5 Å². The lowest BCUT2D eigenvalue weighted by atomic mass is 10.1. The summed E-state index contributed by atoms with van der Waals surface area (Å²) < 4.78 is 0. The third-order valence-electron chi connectivity index (χ3n) is 1.60. The predicted molar refractivity (Wildman–Crippen MR) is 59.8 cm³/mol. The Balaban J connectivity index is 3.41. The topological polar surface area (TPSA) is 24.1 Å². The molecule has 2 nitrogen and oxygen atoms in total. The summed E-state index contributed by atoms with van der Waals surface area (Å²) in [4.78, 5) is 0. The minimum absolute atomic E-state index is 0.128. The van der Waals surface area contributed by atoms with E-state index in [0.29, 0.717) is 0 Å². The molecule has 2 N–H and O–H groups in total. The van der Waals surface area contributed by atoms with E-state index in [-0.39, 0.29) is 5.54 Å². The molecule has 13 heavy (non-hydrogen) atoms. The Bertz CT molecular complexity index is 145. The quantitative estimate of drug-likeness (QED) is 0.619. The summed E-state index contributed by atoms with van der Waals surface area (Å²) in [7, 11) is 0. The molecule has 2 heteroatoms. The first-order valence-electron chi connectivity index (χ1n) is 5.12. The van der Waals surface area contributed by atoms with Crippen LogP contribution in [0.2, 0.25) is 0 Å². The zero-order valence-corrected chi connectivity index (χ0v) is 9.54. The molecule has 0 heterocycles. The van der Waals surface area contributed by atoms with Crippen LogP contribution in [-0.4, -0.2) is 18.6 Å². The smallest absolute Gasteiger partial charge is 0.0348 e. The molecular weight excluding hydrogens is 160 g/mol. The summed E-state index contributed by atoms with van der Waals surface area (Å²) in [5.41, 5.74) is 1.20. The highest BCUT2D eigenvalue weighted by molar-refractivity contribution is 4.98. The van der Waals surface area contributed by atoms with E-state index in [1.807, 2.05) is 0 Å². The number of unbranched alkanes of at least 4 members (excludes halogenated alkanes) is 1. The van der Waals surface area contributed by atoms with Gasteiger partial charge in [-0.2, -0.15) is 0 Å². The van der Waals surface area contributed by atoms with Crippen molar-refractivity contribution in [2.75, 3.05) is 13.1 Å². The van der Waals surface area contributed by atoms with Crippen molar-refractivity contribution in [3.8, 4) is 0 Å². The predicted octanol–water partition coefficient (Wildman–Crippen LogP) is 2.28. The first-order chi connectivity index (χ1) is 5.95. The van der Waals surface area contributed by atoms with Crippen LogP contribution in [0, 0.1) is 0 Å². The van der Waals surface area contributed by atoms with E-state index >= 15 is 0 Å². The van der Waals surface area contributed by atoms with Crippen molar-refractivity contribution in [3.63, 3.8) is 0 Å². The van der Waals surface area contributed by atoms with E-state index in [1.54, 1.807) is 0 Å². The molecule has 0 unspecified atom stereocenters. The van der Waals surface area contributed by atoms with Crippen molar-refractivity contribution in [2.45, 2.75) is 46.1 Å². The normalized spacial score (nSPS) is 11.4. The van der Waals surface area contributed by atoms with Crippen molar-refractivity contribution in [1.29, 1.82) is 0 Å². The lowest BCUT2D eigenvalue weighted by Crippen LogP contribution is -2.38. The molecule has 0 rings (SSSR count). The van der Waals surface area contributed by atoms with Gasteiger partial charge in [-0.15, -0.1) is 0 Å². The minimum Gasteiger partial charge on any atom is -0.383 e. The average Bonchev–Trinajstić information content (AvgIpc) is 1.94. The molecular formula is C11H24N2. The van der Waals surface area contributed by atoms with Gasteiger partial charge in [0.1, 0.15) is 0 Å². The number of rotatable bonds is 6. The van der Waals surface area contributed by atoms with Gasteiger partial charge in [0, 0.05) is 17.8 Å². The number of nitrogens with one attached hydrogen (secondary N) is 2. The van der Waals surface area contributed by atoms with Gasteiger partial charge >= 0.3 is 0 Å². The molecule has 0 spiro atoms. The van der Waals surface area contributed by atoms with Crippen molar-refractivity contribution in [2.24, 2.45) is 0 Å². The monoisotopic (exact) mass is 184 g/mol. The van der Waals surface area contributed by atoms with Crippen LogP contribution < -0.4 is 10.6 Å². The van der Waals surface area contributed by atoms with Crippen LogP contribution in [0.5, 0.6) is 0 Å². The second-order valence-electron chi connectivity index (χ2n) is 4.51. The Morgan fingerprint density at radius 3 is 2.38 bits per heavy atom. The molecule has 0 amide bonds. The van der Waals surface area contributed by atoms with Gasteiger partial charge in [0.25, 0.3) is 0 Å². The van der Waals surface area contributed by atoms with Crippen LogP contribution in [-0.2, 0) is 0 Å². The highest BCUT2D eigenvalue weighted by Crippen LogP contribution is 2.01. The van der Waals surface area contributed by atoms with Gasteiger partial charge in [0.05, 0.1) is 0 Å². The molecule has 0 bridgehead atoms. The molecule has 78 valence electrons. The summed E-state index contributed by atoms with van der Waals surface area (Å²) in [6, 6.07) is 0. The fourth-order valence-corrected chi connectivity index (χ4v) is 1.12. The lowest BCUT2D eigenvalue weighted by Gasteiger charge is -2.23. The summed E-state index contributed by atoms with van der Waals surface area (Å²) in [6.07, 6.45) is 2.48. The van der Waals surface area contributed by atoms with Gasteiger partial charge in [-0.05, 0) is 33.7 Å². The first-order valence-corrected chi connectivity index (χ1v) is 5.12. The van der Waals surface area contributed by atoms with Crippen LogP contribution in [0.25, 0.3) is 0 Å². The Kier molecular flexibility index (Phi) is 5.80. The molecule has 0 aromatic carbocycles. The molecule has 0 aliphatic rings. The van der Waals surface area contributed by atoms with Crippen molar-refractivity contribution in [1.82, 2.24) is 10.6 Å². The lowest BCUT2D eigenvalue weighted by molar-refractivity contribution is 0.462. The van der Waals surface area contributed by atoms with Crippen molar-refractivity contribution < 1.29 is 0 Å². The highest BCUT2D eigenvalue weighted by Gasteiger charge is 2.08. The maximum atomic E-state index is 3.96. The van der Waals surface area contributed by atoms with Gasteiger partial charge in [-0.3, -0.25) is 0 Å². The first kappa shape index (κ1) is 12.5. The summed E-state index contributed by atoms with van der Waals surface area (Å²) in [5.74, 6) is 0. The fraction of sp³-hybridized carbons (Fsp3) is 0.818. The van der Waals surface area contributed by atoms with Crippen LogP contribution in [0.4, 0.5) is 0 Å². The average molecular weight is 184 g/mol. The Morgan fingerprint density at radius 1 is 1.31 bits per heavy atom. The van der Waals surface area contributed by atoms with Crippen LogP contribution >= 0.6 is 0 Å². The Morgan fingerprint density at radius 2 is 1.92 bits per heavy atom. The molecule has 0 aromatic heterocycles. The SMILES string of the molecule is C=C(CNCCCC)NC(C)(C)C. The fourth-order valence-electron chi connectivity index (χ4n) is 1.12. The molecule has 0 saturated heterocycles. The molecule has 0 atom stereocenters. The summed E-state index contributed by atoms with van der Waals surface area (Å²) >= 11 is 0. The second kappa shape index (κ2) is 6.03. The summed E-state index contributed by atoms with van der Waals surface area (Å²) in [5, 5.41) is 6.69. The molecule has 0 aliphatic carbocycles. The Labute approximate surface area is 82.8 Å². The standard InChI is InChI=1S/C11H24N2/c1-6-7-8-12-9-10(2)13-11(3,4)5/h12-13H,2,6-9H2,1,3-5H3. The molecule has 0 fully saturated rings. The molecule has 0 aliphatic heterocycles. The molecule has 0 radical (unpaired) electrons. The number of hydrogen-bond donors (Lipinski definition) is 2. The van der Waals surface area contributed by atoms with Crippen LogP contribution in [0.15, 0.2) is 12.3 Å². The van der Waals surface area contributed by atoms with Gasteiger partial charge < -0.3 is 10.6 Å². The Hall–Kier alpha value is -0.500. The molecule has 0 aromatic rings. The van der Waals surface area contributed by atoms with Gasteiger partial charge in [-0.25, -0.2) is 0 Å². The molecule has 0 saturated carbocycles. The van der Waals surface area contributed by atoms with Gasteiger partial charge in [0.15, 0.2) is 0 Å². The van der Waals surface area contributed by atoms with Gasteiger partial charge in [-0.1, -0.05) is 19.9 Å². The highest BCUT2D eigenvalue weighted by atomic mass is 15.0. The maximum absolute atomic E-state index is 3.96. The van der Waals surface area contributed by atoms with Crippen LogP contribution in [0.3, 0.4) is 0 Å². The zero-order valence-electron chi connectivity index (χ0n) is 9.54. The van der Waals surface area contributed by atoms with E-state index in [0.717, 1.165) is 18.8 Å².